The predicted octanol–water partition coefficient (Wildman–Crippen LogP) is 9.62. The summed E-state index contributed by atoms with van der Waals surface area (Å²) in [5.41, 5.74) is 11.9. The van der Waals surface area contributed by atoms with Crippen LogP contribution in [0, 0.1) is 10.1 Å². The fourth-order valence-corrected chi connectivity index (χ4v) is 7.56. The van der Waals surface area contributed by atoms with Gasteiger partial charge in [0.2, 0.25) is 0 Å². The molecule has 0 amide bonds. The number of nitrogen functional groups attached to an aromatic ring is 1. The Morgan fingerprint density at radius 1 is 0.707 bits per heavy atom. The molecular weight excluding hydrogens is 779 g/mol. The highest BCUT2D eigenvalue weighted by Gasteiger charge is 2.27. The van der Waals surface area contributed by atoms with Gasteiger partial charge in [-0.15, -0.1) is 0 Å². The molecule has 14 heteroatoms. The summed E-state index contributed by atoms with van der Waals surface area (Å²) in [5, 5.41) is 21.3. The van der Waals surface area contributed by atoms with Gasteiger partial charge in [-0.25, -0.2) is 4.98 Å². The summed E-state index contributed by atoms with van der Waals surface area (Å²) in [6, 6.07) is 31.3. The highest BCUT2D eigenvalue weighted by molar-refractivity contribution is 6.32. The molecule has 2 aliphatic rings. The van der Waals surface area contributed by atoms with Crippen LogP contribution in [-0.4, -0.2) is 65.6 Å². The molecule has 302 valence electrons. The Morgan fingerprint density at radius 3 is 1.71 bits per heavy atom. The van der Waals surface area contributed by atoms with Crippen LogP contribution in [0.5, 0.6) is 0 Å². The number of fused-ring (bicyclic) bond motifs is 2. The van der Waals surface area contributed by atoms with Crippen LogP contribution in [0.2, 0.25) is 10.0 Å². The maximum atomic E-state index is 11.6. The monoisotopic (exact) mass is 824 g/mol. The molecule has 4 aromatic carbocycles. The molecule has 58 heavy (non-hydrogen) atoms. The van der Waals surface area contributed by atoms with Crippen LogP contribution in [0.1, 0.15) is 36.8 Å². The molecule has 2 saturated heterocycles. The maximum Gasteiger partial charge on any atom is 0.311 e. The van der Waals surface area contributed by atoms with Crippen molar-refractivity contribution >= 4 is 67.8 Å². The molecule has 2 aliphatic heterocycles. The highest BCUT2D eigenvalue weighted by atomic mass is 35.5. The van der Waals surface area contributed by atoms with Gasteiger partial charge in [0, 0.05) is 46.1 Å². The van der Waals surface area contributed by atoms with Crippen molar-refractivity contribution in [2.45, 2.75) is 63.2 Å². The van der Waals surface area contributed by atoms with Gasteiger partial charge in [-0.05, 0) is 73.2 Å². The van der Waals surface area contributed by atoms with Crippen LogP contribution in [0.4, 0.5) is 22.7 Å². The number of hydrogen-bond donors (Lipinski definition) is 3. The second kappa shape index (κ2) is 20.1. The molecule has 4 heterocycles. The molecule has 4 atom stereocenters. The van der Waals surface area contributed by atoms with Crippen molar-refractivity contribution < 1.29 is 23.9 Å². The number of rotatable bonds is 13. The van der Waals surface area contributed by atoms with Crippen LogP contribution in [-0.2, 0) is 32.2 Å². The Bertz CT molecular complexity index is 2280. The van der Waals surface area contributed by atoms with Crippen LogP contribution >= 0.6 is 23.2 Å². The van der Waals surface area contributed by atoms with Gasteiger partial charge in [-0.1, -0.05) is 83.9 Å². The number of benzene rings is 4. The van der Waals surface area contributed by atoms with E-state index in [0.29, 0.717) is 78.4 Å². The maximum absolute atomic E-state index is 11.6. The van der Waals surface area contributed by atoms with E-state index in [9.17, 15) is 10.1 Å². The number of nitrogens with two attached hydrogens (primary N) is 1. The van der Waals surface area contributed by atoms with Gasteiger partial charge < -0.3 is 35.3 Å². The van der Waals surface area contributed by atoms with Gasteiger partial charge in [0.05, 0.1) is 72.2 Å². The average Bonchev–Trinajstić information content (AvgIpc) is 3.23. The Hall–Kier alpha value is -5.08. The molecular formula is C44H46Cl2N6O6. The molecule has 0 saturated carbocycles. The fraction of sp³-hybridized carbons (Fsp3) is 0.318. The van der Waals surface area contributed by atoms with Crippen molar-refractivity contribution in [3.8, 4) is 0 Å². The molecule has 0 radical (unpaired) electrons. The number of pyridine rings is 2. The first-order valence-electron chi connectivity index (χ1n) is 19.3. The summed E-state index contributed by atoms with van der Waals surface area (Å²) in [5.74, 6) is 0. The number of hydrogen-bond acceptors (Lipinski definition) is 11. The summed E-state index contributed by atoms with van der Waals surface area (Å²) < 4.78 is 23.4. The lowest BCUT2D eigenvalue weighted by Crippen LogP contribution is -2.36. The van der Waals surface area contributed by atoms with Crippen LogP contribution in [0.15, 0.2) is 109 Å². The number of ether oxygens (including phenoxy) is 4. The quantitative estimate of drug-likeness (QED) is 0.0753. The van der Waals surface area contributed by atoms with E-state index in [1.165, 1.54) is 11.8 Å². The average molecular weight is 826 g/mol. The van der Waals surface area contributed by atoms with E-state index in [-0.39, 0.29) is 30.0 Å². The van der Waals surface area contributed by atoms with Crippen LogP contribution in [0.25, 0.3) is 21.8 Å². The van der Waals surface area contributed by atoms with Crippen molar-refractivity contribution in [2.75, 3.05) is 42.8 Å². The zero-order chi connectivity index (χ0) is 40.3. The van der Waals surface area contributed by atoms with E-state index >= 15 is 0 Å². The van der Waals surface area contributed by atoms with Crippen molar-refractivity contribution in [1.82, 2.24) is 9.97 Å². The summed E-state index contributed by atoms with van der Waals surface area (Å²) in [6.45, 7) is 3.43. The Balaban J connectivity index is 0.000000177. The molecule has 6 aromatic rings. The molecule has 4 N–H and O–H groups in total. The fourth-order valence-electron chi connectivity index (χ4n) is 7.21. The molecule has 2 aromatic heterocycles. The van der Waals surface area contributed by atoms with Crippen molar-refractivity contribution in [3.05, 3.63) is 141 Å². The normalized spacial score (nSPS) is 19.3. The Morgan fingerprint density at radius 2 is 1.19 bits per heavy atom. The van der Waals surface area contributed by atoms with E-state index < -0.39 is 4.92 Å². The molecule has 12 nitrogen and oxygen atoms in total. The molecule has 0 aliphatic carbocycles. The second-order valence-corrected chi connectivity index (χ2v) is 15.3. The summed E-state index contributed by atoms with van der Waals surface area (Å²) in [7, 11) is 0. The number of halogens is 2. The van der Waals surface area contributed by atoms with Gasteiger partial charge in [-0.3, -0.25) is 15.1 Å². The van der Waals surface area contributed by atoms with E-state index in [2.05, 4.69) is 32.7 Å². The van der Waals surface area contributed by atoms with E-state index in [1.54, 1.807) is 24.4 Å². The van der Waals surface area contributed by atoms with Crippen molar-refractivity contribution in [1.29, 1.82) is 0 Å². The number of aromatic nitrogens is 2. The zero-order valence-corrected chi connectivity index (χ0v) is 33.4. The van der Waals surface area contributed by atoms with Crippen molar-refractivity contribution in [3.63, 3.8) is 0 Å². The molecule has 0 unspecified atom stereocenters. The first kappa shape index (κ1) is 41.1. The first-order chi connectivity index (χ1) is 28.3. The van der Waals surface area contributed by atoms with Gasteiger partial charge in [0.15, 0.2) is 0 Å². The Labute approximate surface area is 347 Å². The SMILES string of the molecule is Nc1cnc2ccc(Cl)cc2c1N[C@@H]1CCO[C@H](COCc2ccccc2)C1.O=[N+]([O-])c1cnc2ccc(Cl)cc2c1N[C@@H]1CCO[C@H](COCc2ccccc2)C1. The van der Waals surface area contributed by atoms with E-state index in [1.807, 2.05) is 66.7 Å². The molecule has 8 rings (SSSR count). The second-order valence-electron chi connectivity index (χ2n) is 14.4. The minimum Gasteiger partial charge on any atom is -0.396 e. The largest absolute Gasteiger partial charge is 0.396 e. The lowest BCUT2D eigenvalue weighted by atomic mass is 10.0. The minimum absolute atomic E-state index is 0.0207. The van der Waals surface area contributed by atoms with Gasteiger partial charge >= 0.3 is 5.69 Å². The highest BCUT2D eigenvalue weighted by Crippen LogP contribution is 2.35. The topological polar surface area (TPSA) is 156 Å². The molecule has 2 fully saturated rings. The van der Waals surface area contributed by atoms with Gasteiger partial charge in [0.25, 0.3) is 0 Å². The third kappa shape index (κ3) is 11.1. The molecule has 0 spiro atoms. The van der Waals surface area contributed by atoms with E-state index in [0.717, 1.165) is 41.4 Å². The standard InChI is InChI=1S/C22H22ClN3O4.C22H24ClN3O2/c23-16-6-7-20-19(10-16)22(21(12-24-20)26(27)28)25-17-8-9-30-18(11-17)14-29-13-15-4-2-1-3-5-15;23-16-6-7-21-19(10-16)22(20(24)12-25-21)26-17-8-9-28-18(11-17)14-27-13-15-4-2-1-3-5-15/h1-7,10,12,17-18H,8-9,11,13-14H2,(H,24,25);1-7,10,12,17-18H,8-9,11,13-14,24H2,(H,25,26)/t2*17-,18+/m11/s1. The summed E-state index contributed by atoms with van der Waals surface area (Å²) >= 11 is 12.3. The zero-order valence-electron chi connectivity index (χ0n) is 31.9. The first-order valence-corrected chi connectivity index (χ1v) is 20.1. The van der Waals surface area contributed by atoms with Crippen molar-refractivity contribution in [2.24, 2.45) is 0 Å². The summed E-state index contributed by atoms with van der Waals surface area (Å²) in [6.07, 6.45) is 6.19. The summed E-state index contributed by atoms with van der Waals surface area (Å²) in [4.78, 5) is 19.7. The van der Waals surface area contributed by atoms with Gasteiger partial charge in [0.1, 0.15) is 11.9 Å². The smallest absolute Gasteiger partial charge is 0.311 e. The predicted molar refractivity (Wildman–Crippen MR) is 230 cm³/mol. The lowest BCUT2D eigenvalue weighted by molar-refractivity contribution is -0.384. The molecule has 0 bridgehead atoms. The minimum atomic E-state index is -0.421. The number of nitrogens with zero attached hydrogens (tertiary/aromatic N) is 3. The van der Waals surface area contributed by atoms with E-state index in [4.69, 9.17) is 47.9 Å². The van der Waals surface area contributed by atoms with Crippen LogP contribution < -0.4 is 16.4 Å². The lowest BCUT2D eigenvalue weighted by Gasteiger charge is -2.31. The number of nitro groups is 1. The van der Waals surface area contributed by atoms with Crippen LogP contribution in [0.3, 0.4) is 0 Å². The number of nitrogens with one attached hydrogen (secondary N) is 2. The third-order valence-corrected chi connectivity index (χ3v) is 10.6. The number of anilines is 3. The van der Waals surface area contributed by atoms with Gasteiger partial charge in [-0.2, -0.15) is 0 Å². The third-order valence-electron chi connectivity index (χ3n) is 10.1. The Kier molecular flexibility index (Phi) is 14.2.